The summed E-state index contributed by atoms with van der Waals surface area (Å²) in [6, 6.07) is 6.65. The molecule has 21 heavy (non-hydrogen) atoms. The van der Waals surface area contributed by atoms with Gasteiger partial charge >= 0.3 is 0 Å². The van der Waals surface area contributed by atoms with Gasteiger partial charge in [-0.15, -0.1) is 0 Å². The van der Waals surface area contributed by atoms with Gasteiger partial charge in [-0.05, 0) is 38.3 Å². The van der Waals surface area contributed by atoms with Gasteiger partial charge in [0.1, 0.15) is 13.2 Å². The Morgan fingerprint density at radius 3 is 2.71 bits per heavy atom. The fourth-order valence-electron chi connectivity index (χ4n) is 2.24. The van der Waals surface area contributed by atoms with Gasteiger partial charge in [-0.1, -0.05) is 13.0 Å². The van der Waals surface area contributed by atoms with E-state index in [9.17, 15) is 0 Å². The average Bonchev–Trinajstić information content (AvgIpc) is 2.49. The van der Waals surface area contributed by atoms with Crippen molar-refractivity contribution in [2.24, 2.45) is 0 Å². The Morgan fingerprint density at radius 2 is 2.00 bits per heavy atom. The molecule has 0 radical (unpaired) electrons. The molecule has 1 N–H and O–H groups in total. The number of nitrogens with zero attached hydrogens (tertiary/aromatic N) is 1. The molecule has 0 aromatic heterocycles. The molecule has 1 heterocycles. The Morgan fingerprint density at radius 1 is 1.24 bits per heavy atom. The fourth-order valence-corrected chi connectivity index (χ4v) is 3.45. The molecular formula is C16H26N2O2S. The molecule has 1 aliphatic rings. The van der Waals surface area contributed by atoms with Crippen LogP contribution >= 0.6 is 11.8 Å². The van der Waals surface area contributed by atoms with Crippen LogP contribution in [0.3, 0.4) is 0 Å². The summed E-state index contributed by atoms with van der Waals surface area (Å²) in [6.07, 6.45) is 0. The van der Waals surface area contributed by atoms with Gasteiger partial charge in [0.15, 0.2) is 11.5 Å². The third-order valence-electron chi connectivity index (χ3n) is 3.39. The van der Waals surface area contributed by atoms with Crippen molar-refractivity contribution in [1.82, 2.24) is 10.2 Å². The molecule has 0 fully saturated rings. The van der Waals surface area contributed by atoms with Crippen LogP contribution in [0, 0.1) is 0 Å². The lowest BCUT2D eigenvalue weighted by atomic mass is 10.1. The van der Waals surface area contributed by atoms with E-state index in [0.717, 1.165) is 36.1 Å². The number of hydrogen-bond acceptors (Lipinski definition) is 5. The molecule has 4 nitrogen and oxygen atoms in total. The molecule has 0 saturated heterocycles. The topological polar surface area (TPSA) is 33.7 Å². The fraction of sp³-hybridized carbons (Fsp3) is 0.625. The van der Waals surface area contributed by atoms with Crippen LogP contribution in [0.15, 0.2) is 18.2 Å². The minimum absolute atomic E-state index is 0.359. The molecule has 1 unspecified atom stereocenters. The Labute approximate surface area is 132 Å². The highest BCUT2D eigenvalue weighted by molar-refractivity contribution is 7.99. The van der Waals surface area contributed by atoms with E-state index in [1.165, 1.54) is 5.56 Å². The number of ether oxygens (including phenoxy) is 2. The molecule has 1 aromatic carbocycles. The first-order valence-electron chi connectivity index (χ1n) is 7.56. The summed E-state index contributed by atoms with van der Waals surface area (Å²) in [6.45, 7) is 5.51. The van der Waals surface area contributed by atoms with Crippen molar-refractivity contribution in [1.29, 1.82) is 0 Å². The predicted octanol–water partition coefficient (Wildman–Crippen LogP) is 2.40. The Kier molecular flexibility index (Phi) is 6.67. The standard InChI is InChI=1S/C16H26N2O2S/c1-4-17-14(12-21-10-7-18(2)3)13-5-6-15-16(11-13)20-9-8-19-15/h5-6,11,14,17H,4,7-10,12H2,1-3H3. The van der Waals surface area contributed by atoms with E-state index < -0.39 is 0 Å². The Balaban J connectivity index is 1.96. The molecule has 1 aliphatic heterocycles. The number of fused-ring (bicyclic) bond motifs is 1. The summed E-state index contributed by atoms with van der Waals surface area (Å²) in [5.74, 6) is 3.96. The van der Waals surface area contributed by atoms with Gasteiger partial charge in [0.05, 0.1) is 0 Å². The molecule has 0 amide bonds. The van der Waals surface area contributed by atoms with Crippen LogP contribution in [-0.2, 0) is 0 Å². The minimum atomic E-state index is 0.359. The van der Waals surface area contributed by atoms with E-state index in [1.807, 2.05) is 17.8 Å². The molecule has 0 saturated carbocycles. The highest BCUT2D eigenvalue weighted by Gasteiger charge is 2.16. The van der Waals surface area contributed by atoms with Crippen LogP contribution in [0.4, 0.5) is 0 Å². The maximum atomic E-state index is 5.68. The first-order chi connectivity index (χ1) is 10.2. The first-order valence-corrected chi connectivity index (χ1v) is 8.71. The largest absolute Gasteiger partial charge is 0.486 e. The molecule has 118 valence electrons. The van der Waals surface area contributed by atoms with Gasteiger partial charge in [-0.25, -0.2) is 0 Å². The second-order valence-corrected chi connectivity index (χ2v) is 6.54. The third-order valence-corrected chi connectivity index (χ3v) is 4.43. The smallest absolute Gasteiger partial charge is 0.161 e. The van der Waals surface area contributed by atoms with E-state index >= 15 is 0 Å². The lowest BCUT2D eigenvalue weighted by molar-refractivity contribution is 0.171. The second kappa shape index (κ2) is 8.51. The molecule has 2 rings (SSSR count). The van der Waals surface area contributed by atoms with Crippen molar-refractivity contribution in [3.63, 3.8) is 0 Å². The van der Waals surface area contributed by atoms with Crippen LogP contribution in [0.2, 0.25) is 0 Å². The van der Waals surface area contributed by atoms with Crippen LogP contribution in [0.25, 0.3) is 0 Å². The molecule has 1 atom stereocenters. The molecule has 5 heteroatoms. The number of rotatable bonds is 8. The zero-order valence-electron chi connectivity index (χ0n) is 13.2. The number of benzene rings is 1. The van der Waals surface area contributed by atoms with Gasteiger partial charge in [-0.3, -0.25) is 0 Å². The summed E-state index contributed by atoms with van der Waals surface area (Å²) in [5.41, 5.74) is 1.28. The molecule has 0 bridgehead atoms. The first kappa shape index (κ1) is 16.5. The Hall–Kier alpha value is -0.910. The summed E-state index contributed by atoms with van der Waals surface area (Å²) in [7, 11) is 4.23. The summed E-state index contributed by atoms with van der Waals surface area (Å²) < 4.78 is 11.3. The number of hydrogen-bond donors (Lipinski definition) is 1. The van der Waals surface area contributed by atoms with E-state index in [2.05, 4.69) is 43.4 Å². The lowest BCUT2D eigenvalue weighted by Gasteiger charge is -2.23. The monoisotopic (exact) mass is 310 g/mol. The maximum Gasteiger partial charge on any atom is 0.161 e. The zero-order chi connectivity index (χ0) is 15.1. The second-order valence-electron chi connectivity index (χ2n) is 5.39. The van der Waals surface area contributed by atoms with Crippen molar-refractivity contribution in [2.75, 3.05) is 51.9 Å². The number of nitrogens with one attached hydrogen (secondary N) is 1. The SMILES string of the molecule is CCNC(CSCCN(C)C)c1ccc2c(c1)OCCO2. The van der Waals surface area contributed by atoms with Crippen LogP contribution in [-0.4, -0.2) is 56.8 Å². The van der Waals surface area contributed by atoms with Gasteiger partial charge in [0, 0.05) is 24.1 Å². The van der Waals surface area contributed by atoms with Crippen molar-refractivity contribution < 1.29 is 9.47 Å². The maximum absolute atomic E-state index is 5.68. The summed E-state index contributed by atoms with van der Waals surface area (Å²) >= 11 is 1.99. The molecular weight excluding hydrogens is 284 g/mol. The molecule has 0 spiro atoms. The number of thioether (sulfide) groups is 1. The minimum Gasteiger partial charge on any atom is -0.486 e. The van der Waals surface area contributed by atoms with Crippen LogP contribution in [0.1, 0.15) is 18.5 Å². The van der Waals surface area contributed by atoms with Crippen molar-refractivity contribution in [3.8, 4) is 11.5 Å². The normalized spacial score (nSPS) is 15.2. The zero-order valence-corrected chi connectivity index (χ0v) is 14.0. The van der Waals surface area contributed by atoms with E-state index in [-0.39, 0.29) is 0 Å². The van der Waals surface area contributed by atoms with Gasteiger partial charge < -0.3 is 19.7 Å². The third kappa shape index (κ3) is 5.09. The summed E-state index contributed by atoms with van der Waals surface area (Å²) in [4.78, 5) is 2.22. The highest BCUT2D eigenvalue weighted by Crippen LogP contribution is 2.33. The van der Waals surface area contributed by atoms with E-state index in [1.54, 1.807) is 0 Å². The van der Waals surface area contributed by atoms with Gasteiger partial charge in [0.2, 0.25) is 0 Å². The van der Waals surface area contributed by atoms with Crippen LogP contribution in [0.5, 0.6) is 11.5 Å². The van der Waals surface area contributed by atoms with Gasteiger partial charge in [-0.2, -0.15) is 11.8 Å². The van der Waals surface area contributed by atoms with E-state index in [4.69, 9.17) is 9.47 Å². The summed E-state index contributed by atoms with van der Waals surface area (Å²) in [5, 5.41) is 3.56. The molecule has 1 aromatic rings. The highest BCUT2D eigenvalue weighted by atomic mass is 32.2. The van der Waals surface area contributed by atoms with Crippen molar-refractivity contribution >= 4 is 11.8 Å². The van der Waals surface area contributed by atoms with Gasteiger partial charge in [0.25, 0.3) is 0 Å². The lowest BCUT2D eigenvalue weighted by Crippen LogP contribution is -2.24. The van der Waals surface area contributed by atoms with Crippen molar-refractivity contribution in [3.05, 3.63) is 23.8 Å². The van der Waals surface area contributed by atoms with Crippen LogP contribution < -0.4 is 14.8 Å². The predicted molar refractivity (Wildman–Crippen MR) is 89.7 cm³/mol. The molecule has 0 aliphatic carbocycles. The van der Waals surface area contributed by atoms with Crippen molar-refractivity contribution in [2.45, 2.75) is 13.0 Å². The quantitative estimate of drug-likeness (QED) is 0.746. The Bertz CT molecular complexity index is 440. The average molecular weight is 310 g/mol. The van der Waals surface area contributed by atoms with E-state index in [0.29, 0.717) is 19.3 Å².